The second-order valence-electron chi connectivity index (χ2n) is 11.2. The molecule has 0 aliphatic rings. The van der Waals surface area contributed by atoms with Gasteiger partial charge in [0, 0.05) is 36.6 Å². The van der Waals surface area contributed by atoms with E-state index in [1.807, 2.05) is 11.3 Å². The van der Waals surface area contributed by atoms with Crippen molar-refractivity contribution in [1.82, 2.24) is 9.88 Å². The molecule has 1 unspecified atom stereocenters. The SMILES string of the molecule is NC(/C=C(\NCn1c2ccccc2c2ccc(-c3ccccc3)cc21)c1ccccc1)c1cccc2c1sc1ccccc12. The predicted molar refractivity (Wildman–Crippen MR) is 189 cm³/mol. The Morgan fingerprint density at radius 1 is 0.636 bits per heavy atom. The molecule has 3 nitrogen and oxygen atoms in total. The van der Waals surface area contributed by atoms with Gasteiger partial charge in [-0.25, -0.2) is 0 Å². The smallest absolute Gasteiger partial charge is 0.0926 e. The Bertz CT molecular complexity index is 2290. The molecular weight excluding hydrogens is 555 g/mol. The van der Waals surface area contributed by atoms with Gasteiger partial charge in [0.2, 0.25) is 0 Å². The number of rotatable bonds is 7. The topological polar surface area (TPSA) is 43.0 Å². The van der Waals surface area contributed by atoms with Crippen LogP contribution in [0.2, 0.25) is 0 Å². The molecule has 0 aliphatic carbocycles. The molecule has 0 aliphatic heterocycles. The summed E-state index contributed by atoms with van der Waals surface area (Å²) in [4.78, 5) is 0. The number of fused-ring (bicyclic) bond motifs is 6. The van der Waals surface area contributed by atoms with E-state index in [-0.39, 0.29) is 6.04 Å². The number of para-hydroxylation sites is 1. The maximum atomic E-state index is 7.02. The van der Waals surface area contributed by atoms with E-state index in [4.69, 9.17) is 5.73 Å². The highest BCUT2D eigenvalue weighted by atomic mass is 32.1. The van der Waals surface area contributed by atoms with E-state index in [1.165, 1.54) is 53.1 Å². The van der Waals surface area contributed by atoms with Crippen LogP contribution in [0.15, 0.2) is 152 Å². The lowest BCUT2D eigenvalue weighted by molar-refractivity contribution is 0.692. The molecule has 8 aromatic rings. The lowest BCUT2D eigenvalue weighted by Crippen LogP contribution is -2.19. The normalized spacial score (nSPS) is 12.8. The quantitative estimate of drug-likeness (QED) is 0.195. The molecule has 3 N–H and O–H groups in total. The first-order valence-corrected chi connectivity index (χ1v) is 15.8. The summed E-state index contributed by atoms with van der Waals surface area (Å²) in [6.07, 6.45) is 2.18. The minimum atomic E-state index is -0.280. The molecule has 0 amide bonds. The van der Waals surface area contributed by atoms with Crippen molar-refractivity contribution < 1.29 is 0 Å². The summed E-state index contributed by atoms with van der Waals surface area (Å²) >= 11 is 1.82. The highest BCUT2D eigenvalue weighted by molar-refractivity contribution is 7.26. The zero-order valence-corrected chi connectivity index (χ0v) is 25.0. The zero-order chi connectivity index (χ0) is 29.5. The van der Waals surface area contributed by atoms with Crippen LogP contribution in [0, 0.1) is 0 Å². The number of aromatic nitrogens is 1. The molecular formula is C40H31N3S. The third-order valence-corrected chi connectivity index (χ3v) is 9.77. The summed E-state index contributed by atoms with van der Waals surface area (Å²) in [6.45, 7) is 0.600. The molecule has 0 saturated carbocycles. The van der Waals surface area contributed by atoms with Crippen LogP contribution in [0.4, 0.5) is 0 Å². The van der Waals surface area contributed by atoms with Crippen LogP contribution in [0.5, 0.6) is 0 Å². The van der Waals surface area contributed by atoms with Gasteiger partial charge in [-0.05, 0) is 46.5 Å². The molecule has 2 aromatic heterocycles. The van der Waals surface area contributed by atoms with Gasteiger partial charge in [0.15, 0.2) is 0 Å². The summed E-state index contributed by atoms with van der Waals surface area (Å²) in [7, 11) is 0. The Morgan fingerprint density at radius 3 is 2.16 bits per heavy atom. The number of benzene rings is 6. The van der Waals surface area contributed by atoms with Gasteiger partial charge in [0.25, 0.3) is 0 Å². The third kappa shape index (κ3) is 4.65. The molecule has 8 rings (SSSR count). The van der Waals surface area contributed by atoms with Crippen LogP contribution >= 0.6 is 11.3 Å². The molecule has 0 fully saturated rings. The van der Waals surface area contributed by atoms with Crippen molar-refractivity contribution in [3.05, 3.63) is 163 Å². The maximum Gasteiger partial charge on any atom is 0.0926 e. The predicted octanol–water partition coefficient (Wildman–Crippen LogP) is 10.1. The number of nitrogens with two attached hydrogens (primary N) is 1. The second-order valence-corrected chi connectivity index (χ2v) is 12.2. The van der Waals surface area contributed by atoms with Gasteiger partial charge in [-0.3, -0.25) is 0 Å². The van der Waals surface area contributed by atoms with E-state index in [0.717, 1.165) is 16.8 Å². The number of thiophene rings is 1. The van der Waals surface area contributed by atoms with Crippen molar-refractivity contribution in [3.63, 3.8) is 0 Å². The van der Waals surface area contributed by atoms with Gasteiger partial charge in [0.1, 0.15) is 0 Å². The van der Waals surface area contributed by atoms with E-state index in [0.29, 0.717) is 6.67 Å². The van der Waals surface area contributed by atoms with E-state index in [1.54, 1.807) is 0 Å². The summed E-state index contributed by atoms with van der Waals surface area (Å²) in [5, 5.41) is 8.86. The van der Waals surface area contributed by atoms with Crippen LogP contribution in [0.3, 0.4) is 0 Å². The number of hydrogen-bond acceptors (Lipinski definition) is 3. The lowest BCUT2D eigenvalue weighted by atomic mass is 10.0. The summed E-state index contributed by atoms with van der Waals surface area (Å²) < 4.78 is 4.92. The van der Waals surface area contributed by atoms with Gasteiger partial charge < -0.3 is 15.6 Å². The first-order valence-electron chi connectivity index (χ1n) is 15.0. The molecule has 4 heteroatoms. The van der Waals surface area contributed by atoms with E-state index in [9.17, 15) is 0 Å². The van der Waals surface area contributed by atoms with Gasteiger partial charge >= 0.3 is 0 Å². The van der Waals surface area contributed by atoms with Gasteiger partial charge in [-0.1, -0.05) is 127 Å². The summed E-state index contributed by atoms with van der Waals surface area (Å²) in [5.41, 5.74) is 15.1. The Balaban J connectivity index is 1.21. The van der Waals surface area contributed by atoms with Gasteiger partial charge in [0.05, 0.1) is 23.7 Å². The van der Waals surface area contributed by atoms with Gasteiger partial charge in [-0.15, -0.1) is 11.3 Å². The molecule has 212 valence electrons. The van der Waals surface area contributed by atoms with Crippen molar-refractivity contribution in [2.75, 3.05) is 0 Å². The van der Waals surface area contributed by atoms with Crippen LogP contribution < -0.4 is 11.1 Å². The second kappa shape index (κ2) is 11.2. The largest absolute Gasteiger partial charge is 0.367 e. The van der Waals surface area contributed by atoms with Gasteiger partial charge in [-0.2, -0.15) is 0 Å². The van der Waals surface area contributed by atoms with Crippen molar-refractivity contribution >= 4 is 59.0 Å². The van der Waals surface area contributed by atoms with Crippen molar-refractivity contribution in [3.8, 4) is 11.1 Å². The highest BCUT2D eigenvalue weighted by Gasteiger charge is 2.16. The first-order chi connectivity index (χ1) is 21.7. The standard InChI is InChI=1S/C40H31N3S/c41-35(34-19-11-18-33-32-17-8-10-21-39(32)44-40(33)34)25-36(28-14-5-2-6-15-28)42-26-43-37-20-9-7-16-30(37)31-23-22-29(24-38(31)43)27-12-3-1-4-13-27/h1-25,35,42H,26,41H2/b36-25-. The summed E-state index contributed by atoms with van der Waals surface area (Å²) in [5.74, 6) is 0. The lowest BCUT2D eigenvalue weighted by Gasteiger charge is -2.17. The fourth-order valence-corrected chi connectivity index (χ4v) is 7.63. The molecule has 2 heterocycles. The third-order valence-electron chi connectivity index (χ3n) is 8.53. The fourth-order valence-electron chi connectivity index (χ4n) is 6.37. The van der Waals surface area contributed by atoms with Crippen LogP contribution in [-0.2, 0) is 6.67 Å². The van der Waals surface area contributed by atoms with Crippen LogP contribution in [0.1, 0.15) is 17.2 Å². The molecule has 0 bridgehead atoms. The molecule has 44 heavy (non-hydrogen) atoms. The number of hydrogen-bond donors (Lipinski definition) is 2. The Kier molecular flexibility index (Phi) is 6.71. The molecule has 6 aromatic carbocycles. The maximum absolute atomic E-state index is 7.02. The highest BCUT2D eigenvalue weighted by Crippen LogP contribution is 2.38. The molecule has 0 saturated heterocycles. The molecule has 0 spiro atoms. The Morgan fingerprint density at radius 2 is 1.32 bits per heavy atom. The minimum Gasteiger partial charge on any atom is -0.367 e. The average molecular weight is 586 g/mol. The van der Waals surface area contributed by atoms with Crippen LogP contribution in [0.25, 0.3) is 58.8 Å². The minimum absolute atomic E-state index is 0.280. The average Bonchev–Trinajstić information content (AvgIpc) is 3.62. The fraction of sp³-hybridized carbons (Fsp3) is 0.0500. The van der Waals surface area contributed by atoms with E-state index < -0.39 is 0 Å². The van der Waals surface area contributed by atoms with E-state index in [2.05, 4.69) is 162 Å². The van der Waals surface area contributed by atoms with Crippen molar-refractivity contribution in [2.24, 2.45) is 5.73 Å². The Hall–Kier alpha value is -5.16. The monoisotopic (exact) mass is 585 g/mol. The first kappa shape index (κ1) is 26.5. The number of nitrogens with zero attached hydrogens (tertiary/aromatic N) is 1. The number of nitrogens with one attached hydrogen (secondary N) is 1. The van der Waals surface area contributed by atoms with Crippen molar-refractivity contribution in [1.29, 1.82) is 0 Å². The molecule has 0 radical (unpaired) electrons. The molecule has 1 atom stereocenters. The van der Waals surface area contributed by atoms with Crippen LogP contribution in [-0.4, -0.2) is 4.57 Å². The summed E-state index contributed by atoms with van der Waals surface area (Å²) in [6, 6.07) is 51.4. The van der Waals surface area contributed by atoms with E-state index >= 15 is 0 Å². The Labute approximate surface area is 260 Å². The van der Waals surface area contributed by atoms with Crippen molar-refractivity contribution in [2.45, 2.75) is 12.7 Å². The zero-order valence-electron chi connectivity index (χ0n) is 24.2.